The van der Waals surface area contributed by atoms with Crippen molar-refractivity contribution < 1.29 is 4.74 Å². The summed E-state index contributed by atoms with van der Waals surface area (Å²) >= 11 is 0. The Balaban J connectivity index is 2.43. The van der Waals surface area contributed by atoms with Crippen molar-refractivity contribution in [2.24, 2.45) is 0 Å². The molecule has 1 aliphatic carbocycles. The summed E-state index contributed by atoms with van der Waals surface area (Å²) in [6.07, 6.45) is 6.48. The number of aromatic nitrogens is 2. The third-order valence-electron chi connectivity index (χ3n) is 4.06. The summed E-state index contributed by atoms with van der Waals surface area (Å²) in [6, 6.07) is 0. The molecule has 0 aliphatic heterocycles. The van der Waals surface area contributed by atoms with Crippen LogP contribution in [0, 0.1) is 6.92 Å². The highest BCUT2D eigenvalue weighted by Crippen LogP contribution is 2.38. The van der Waals surface area contributed by atoms with Crippen LogP contribution in [0.1, 0.15) is 56.1 Å². The van der Waals surface area contributed by atoms with Gasteiger partial charge in [0.25, 0.3) is 0 Å². The van der Waals surface area contributed by atoms with Crippen molar-refractivity contribution in [1.29, 1.82) is 0 Å². The monoisotopic (exact) mass is 249 g/mol. The largest absolute Gasteiger partial charge is 0.383 e. The molecule has 100 valence electrons. The molecule has 1 aromatic heterocycles. The zero-order valence-electron chi connectivity index (χ0n) is 11.6. The molecule has 0 bridgehead atoms. The van der Waals surface area contributed by atoms with E-state index >= 15 is 0 Å². The Morgan fingerprint density at radius 2 is 1.89 bits per heavy atom. The summed E-state index contributed by atoms with van der Waals surface area (Å²) in [6.45, 7) is 4.08. The molecule has 18 heavy (non-hydrogen) atoms. The van der Waals surface area contributed by atoms with Gasteiger partial charge in [-0.25, -0.2) is 9.97 Å². The molecule has 0 saturated heterocycles. The molecule has 1 aromatic rings. The number of ether oxygens (including phenoxy) is 1. The zero-order valence-corrected chi connectivity index (χ0v) is 11.6. The number of nitrogens with zero attached hydrogens (tertiary/aromatic N) is 2. The molecule has 0 radical (unpaired) electrons. The fourth-order valence-corrected chi connectivity index (χ4v) is 2.90. The minimum absolute atomic E-state index is 0.316. The lowest BCUT2D eigenvalue weighted by Gasteiger charge is -2.34. The minimum atomic E-state index is -0.316. The van der Waals surface area contributed by atoms with Gasteiger partial charge in [-0.1, -0.05) is 26.2 Å². The molecule has 1 saturated carbocycles. The van der Waals surface area contributed by atoms with Gasteiger partial charge < -0.3 is 10.5 Å². The molecule has 1 heterocycles. The molecular formula is C14H23N3O. The molecule has 0 amide bonds. The van der Waals surface area contributed by atoms with Gasteiger partial charge in [-0.2, -0.15) is 0 Å². The first kappa shape index (κ1) is 13.3. The van der Waals surface area contributed by atoms with E-state index in [1.807, 2.05) is 6.92 Å². The number of nitrogen functional groups attached to an aromatic ring is 1. The van der Waals surface area contributed by atoms with Crippen molar-refractivity contribution in [3.05, 3.63) is 17.1 Å². The Morgan fingerprint density at radius 1 is 1.22 bits per heavy atom. The molecule has 0 aromatic carbocycles. The second kappa shape index (κ2) is 5.22. The van der Waals surface area contributed by atoms with Crippen LogP contribution in [0.15, 0.2) is 0 Å². The van der Waals surface area contributed by atoms with Crippen molar-refractivity contribution >= 4 is 5.82 Å². The van der Waals surface area contributed by atoms with E-state index in [2.05, 4.69) is 16.9 Å². The molecular weight excluding hydrogens is 226 g/mol. The smallest absolute Gasteiger partial charge is 0.162 e. The average Bonchev–Trinajstić information content (AvgIpc) is 2.39. The van der Waals surface area contributed by atoms with Crippen LogP contribution < -0.4 is 5.73 Å². The molecule has 4 heteroatoms. The minimum Gasteiger partial charge on any atom is -0.383 e. The number of hydrogen-bond acceptors (Lipinski definition) is 4. The molecule has 2 N–H and O–H groups in total. The summed E-state index contributed by atoms with van der Waals surface area (Å²) in [7, 11) is 1.76. The SMILES string of the molecule is CCc1c(C)nc(C2(OC)CCCCC2)nc1N. The molecule has 0 atom stereocenters. The van der Waals surface area contributed by atoms with Crippen LogP contribution in [0.5, 0.6) is 0 Å². The van der Waals surface area contributed by atoms with Crippen LogP contribution in [-0.2, 0) is 16.8 Å². The van der Waals surface area contributed by atoms with Gasteiger partial charge in [-0.3, -0.25) is 0 Å². The topological polar surface area (TPSA) is 61.0 Å². The second-order valence-corrected chi connectivity index (χ2v) is 5.11. The van der Waals surface area contributed by atoms with Crippen molar-refractivity contribution in [2.75, 3.05) is 12.8 Å². The maximum atomic E-state index is 6.05. The van der Waals surface area contributed by atoms with Crippen molar-refractivity contribution in [3.63, 3.8) is 0 Å². The first-order valence-corrected chi connectivity index (χ1v) is 6.81. The van der Waals surface area contributed by atoms with Crippen LogP contribution in [0.2, 0.25) is 0 Å². The predicted octanol–water partition coefficient (Wildman–Crippen LogP) is 2.74. The number of hydrogen-bond donors (Lipinski definition) is 1. The van der Waals surface area contributed by atoms with E-state index in [0.717, 1.165) is 36.3 Å². The van der Waals surface area contributed by atoms with E-state index < -0.39 is 0 Å². The normalized spacial score (nSPS) is 18.8. The third-order valence-corrected chi connectivity index (χ3v) is 4.06. The summed E-state index contributed by atoms with van der Waals surface area (Å²) in [5.74, 6) is 1.39. The number of aryl methyl sites for hydroxylation is 1. The van der Waals surface area contributed by atoms with Gasteiger partial charge in [0.15, 0.2) is 5.82 Å². The van der Waals surface area contributed by atoms with Crippen molar-refractivity contribution in [1.82, 2.24) is 9.97 Å². The lowest BCUT2D eigenvalue weighted by atomic mass is 9.83. The van der Waals surface area contributed by atoms with Gasteiger partial charge in [0.05, 0.1) is 0 Å². The lowest BCUT2D eigenvalue weighted by molar-refractivity contribution is -0.0515. The van der Waals surface area contributed by atoms with E-state index in [1.54, 1.807) is 7.11 Å². The first-order chi connectivity index (χ1) is 8.63. The summed E-state index contributed by atoms with van der Waals surface area (Å²) in [4.78, 5) is 9.17. The maximum Gasteiger partial charge on any atom is 0.162 e. The van der Waals surface area contributed by atoms with E-state index in [4.69, 9.17) is 10.5 Å². The molecule has 0 unspecified atom stereocenters. The molecule has 4 nitrogen and oxygen atoms in total. The Bertz CT molecular complexity index is 402. The van der Waals surface area contributed by atoms with E-state index in [1.165, 1.54) is 19.3 Å². The molecule has 1 aliphatic rings. The molecule has 2 rings (SSSR count). The maximum absolute atomic E-state index is 6.05. The van der Waals surface area contributed by atoms with Crippen LogP contribution in [0.4, 0.5) is 5.82 Å². The third kappa shape index (κ3) is 2.21. The van der Waals surface area contributed by atoms with Gasteiger partial charge in [0.1, 0.15) is 11.4 Å². The van der Waals surface area contributed by atoms with E-state index in [-0.39, 0.29) is 5.60 Å². The Labute approximate surface area is 109 Å². The van der Waals surface area contributed by atoms with Crippen LogP contribution >= 0.6 is 0 Å². The van der Waals surface area contributed by atoms with Crippen LogP contribution in [0.3, 0.4) is 0 Å². The van der Waals surface area contributed by atoms with Crippen LogP contribution in [-0.4, -0.2) is 17.1 Å². The lowest BCUT2D eigenvalue weighted by Crippen LogP contribution is -2.34. The fourth-order valence-electron chi connectivity index (χ4n) is 2.90. The van der Waals surface area contributed by atoms with Gasteiger partial charge in [0.2, 0.25) is 0 Å². The number of methoxy groups -OCH3 is 1. The quantitative estimate of drug-likeness (QED) is 0.894. The van der Waals surface area contributed by atoms with E-state index in [0.29, 0.717) is 5.82 Å². The van der Waals surface area contributed by atoms with Crippen molar-refractivity contribution in [2.45, 2.75) is 58.0 Å². The Morgan fingerprint density at radius 3 is 2.39 bits per heavy atom. The summed E-state index contributed by atoms with van der Waals surface area (Å²) < 4.78 is 5.77. The summed E-state index contributed by atoms with van der Waals surface area (Å²) in [5.41, 5.74) is 7.77. The molecule has 1 fully saturated rings. The van der Waals surface area contributed by atoms with Gasteiger partial charge in [-0.15, -0.1) is 0 Å². The highest BCUT2D eigenvalue weighted by atomic mass is 16.5. The highest BCUT2D eigenvalue weighted by molar-refractivity contribution is 5.42. The van der Waals surface area contributed by atoms with Gasteiger partial charge in [0, 0.05) is 18.4 Å². The van der Waals surface area contributed by atoms with Crippen molar-refractivity contribution in [3.8, 4) is 0 Å². The molecule has 0 spiro atoms. The first-order valence-electron chi connectivity index (χ1n) is 6.81. The fraction of sp³-hybridized carbons (Fsp3) is 0.714. The Kier molecular flexibility index (Phi) is 3.85. The number of rotatable bonds is 3. The second-order valence-electron chi connectivity index (χ2n) is 5.11. The number of anilines is 1. The predicted molar refractivity (Wildman–Crippen MR) is 72.3 cm³/mol. The Hall–Kier alpha value is -1.16. The van der Waals surface area contributed by atoms with Crippen LogP contribution in [0.25, 0.3) is 0 Å². The average molecular weight is 249 g/mol. The van der Waals surface area contributed by atoms with E-state index in [9.17, 15) is 0 Å². The number of nitrogens with two attached hydrogens (primary N) is 1. The highest BCUT2D eigenvalue weighted by Gasteiger charge is 2.37. The summed E-state index contributed by atoms with van der Waals surface area (Å²) in [5, 5.41) is 0. The van der Waals surface area contributed by atoms with Gasteiger partial charge >= 0.3 is 0 Å². The van der Waals surface area contributed by atoms with Gasteiger partial charge in [-0.05, 0) is 26.2 Å². The zero-order chi connectivity index (χ0) is 13.2. The standard InChI is InChI=1S/C14H23N3O/c1-4-11-10(2)16-13(17-12(11)15)14(18-3)8-6-5-7-9-14/h4-9H2,1-3H3,(H2,15,16,17).